The van der Waals surface area contributed by atoms with Crippen molar-refractivity contribution < 1.29 is 5.11 Å². The van der Waals surface area contributed by atoms with Gasteiger partial charge >= 0.3 is 0 Å². The zero-order chi connectivity index (χ0) is 13.7. The van der Waals surface area contributed by atoms with E-state index in [-0.39, 0.29) is 6.10 Å². The van der Waals surface area contributed by atoms with Gasteiger partial charge in [0.25, 0.3) is 0 Å². The molecule has 0 amide bonds. The molecule has 1 fully saturated rings. The molecule has 5 heteroatoms. The monoisotopic (exact) mass is 264 g/mol. The van der Waals surface area contributed by atoms with Crippen molar-refractivity contribution in [1.29, 1.82) is 0 Å². The highest BCUT2D eigenvalue weighted by atomic mass is 16.3. The van der Waals surface area contributed by atoms with Crippen molar-refractivity contribution in [3.8, 4) is 0 Å². The maximum atomic E-state index is 9.72. The van der Waals surface area contributed by atoms with Crippen LogP contribution in [0.2, 0.25) is 0 Å². The maximum Gasteiger partial charge on any atom is 0.225 e. The third-order valence-electron chi connectivity index (χ3n) is 3.89. The van der Waals surface area contributed by atoms with Gasteiger partial charge in [-0.15, -0.1) is 0 Å². The standard InChI is InChI=1S/C14H24N4O/c1-3-13(19)11-17(2)12-5-9-18(10-6-12)14-15-7-4-8-16-14/h4,7-8,12-13,19H,3,5-6,9-11H2,1-2H3. The van der Waals surface area contributed by atoms with Crippen molar-refractivity contribution in [2.45, 2.75) is 38.3 Å². The highest BCUT2D eigenvalue weighted by Gasteiger charge is 2.24. The van der Waals surface area contributed by atoms with Crippen molar-refractivity contribution in [2.75, 3.05) is 31.6 Å². The van der Waals surface area contributed by atoms with Gasteiger partial charge < -0.3 is 14.9 Å². The lowest BCUT2D eigenvalue weighted by Gasteiger charge is -2.37. The summed E-state index contributed by atoms with van der Waals surface area (Å²) in [5, 5.41) is 9.72. The van der Waals surface area contributed by atoms with Crippen LogP contribution in [0.15, 0.2) is 18.5 Å². The smallest absolute Gasteiger partial charge is 0.225 e. The van der Waals surface area contributed by atoms with Gasteiger partial charge in [-0.1, -0.05) is 6.92 Å². The summed E-state index contributed by atoms with van der Waals surface area (Å²) in [5.41, 5.74) is 0. The van der Waals surface area contributed by atoms with E-state index in [4.69, 9.17) is 0 Å². The van der Waals surface area contributed by atoms with E-state index in [1.165, 1.54) is 0 Å². The average molecular weight is 264 g/mol. The van der Waals surface area contributed by atoms with Crippen LogP contribution in [0.25, 0.3) is 0 Å². The van der Waals surface area contributed by atoms with E-state index >= 15 is 0 Å². The van der Waals surface area contributed by atoms with E-state index < -0.39 is 0 Å². The van der Waals surface area contributed by atoms with E-state index in [0.717, 1.165) is 44.8 Å². The topological polar surface area (TPSA) is 52.5 Å². The van der Waals surface area contributed by atoms with Crippen LogP contribution in [-0.4, -0.2) is 58.8 Å². The van der Waals surface area contributed by atoms with Gasteiger partial charge in [0.05, 0.1) is 6.10 Å². The maximum absolute atomic E-state index is 9.72. The lowest BCUT2D eigenvalue weighted by molar-refractivity contribution is 0.0931. The number of hydrogen-bond donors (Lipinski definition) is 1. The van der Waals surface area contributed by atoms with Crippen molar-refractivity contribution in [3.05, 3.63) is 18.5 Å². The molecule has 5 nitrogen and oxygen atoms in total. The summed E-state index contributed by atoms with van der Waals surface area (Å²) in [4.78, 5) is 13.1. The average Bonchev–Trinajstić information content (AvgIpc) is 2.48. The van der Waals surface area contributed by atoms with Crippen LogP contribution < -0.4 is 4.90 Å². The van der Waals surface area contributed by atoms with E-state index in [1.807, 2.05) is 13.0 Å². The Balaban J connectivity index is 1.82. The number of anilines is 1. The summed E-state index contributed by atoms with van der Waals surface area (Å²) in [6.45, 7) is 4.76. The molecule has 0 aliphatic carbocycles. The summed E-state index contributed by atoms with van der Waals surface area (Å²) in [6, 6.07) is 2.40. The molecule has 1 unspecified atom stereocenters. The van der Waals surface area contributed by atoms with Crippen LogP contribution >= 0.6 is 0 Å². The highest BCUT2D eigenvalue weighted by molar-refractivity contribution is 5.29. The van der Waals surface area contributed by atoms with Crippen LogP contribution in [0.1, 0.15) is 26.2 Å². The van der Waals surface area contributed by atoms with E-state index in [2.05, 4.69) is 26.8 Å². The number of aliphatic hydroxyl groups excluding tert-OH is 1. The van der Waals surface area contributed by atoms with E-state index in [1.54, 1.807) is 12.4 Å². The van der Waals surface area contributed by atoms with Crippen molar-refractivity contribution in [1.82, 2.24) is 14.9 Å². The molecule has 0 aromatic carbocycles. The first-order valence-electron chi connectivity index (χ1n) is 7.11. The number of aliphatic hydroxyl groups is 1. The van der Waals surface area contributed by atoms with Crippen LogP contribution in [0.5, 0.6) is 0 Å². The Morgan fingerprint density at radius 2 is 2.00 bits per heavy atom. The molecule has 1 aliphatic heterocycles. The predicted octanol–water partition coefficient (Wildman–Crippen LogP) is 1.15. The summed E-state index contributed by atoms with van der Waals surface area (Å²) in [5.74, 6) is 0.831. The minimum Gasteiger partial charge on any atom is -0.392 e. The van der Waals surface area contributed by atoms with Gasteiger partial charge in [0.1, 0.15) is 0 Å². The molecule has 2 rings (SSSR count). The first-order chi connectivity index (χ1) is 9.20. The van der Waals surface area contributed by atoms with Gasteiger partial charge in [-0.3, -0.25) is 0 Å². The number of nitrogens with zero attached hydrogens (tertiary/aromatic N) is 4. The normalized spacial score (nSPS) is 18.8. The molecule has 1 aromatic heterocycles. The molecular formula is C14H24N4O. The van der Waals surface area contributed by atoms with Gasteiger partial charge in [0.2, 0.25) is 5.95 Å². The fourth-order valence-electron chi connectivity index (χ4n) is 2.57. The third-order valence-corrected chi connectivity index (χ3v) is 3.89. The minimum atomic E-state index is -0.208. The zero-order valence-electron chi connectivity index (χ0n) is 11.9. The third kappa shape index (κ3) is 3.88. The molecule has 0 saturated carbocycles. The van der Waals surface area contributed by atoms with Crippen LogP contribution in [-0.2, 0) is 0 Å². The second-order valence-corrected chi connectivity index (χ2v) is 5.27. The largest absolute Gasteiger partial charge is 0.392 e. The van der Waals surface area contributed by atoms with Gasteiger partial charge in [0.15, 0.2) is 0 Å². The summed E-state index contributed by atoms with van der Waals surface area (Å²) >= 11 is 0. The number of aromatic nitrogens is 2. The fourth-order valence-corrected chi connectivity index (χ4v) is 2.57. The lowest BCUT2D eigenvalue weighted by Crippen LogP contribution is -2.45. The second kappa shape index (κ2) is 6.82. The van der Waals surface area contributed by atoms with Gasteiger partial charge in [-0.2, -0.15) is 0 Å². The number of piperidine rings is 1. The first-order valence-corrected chi connectivity index (χ1v) is 7.11. The Bertz CT molecular complexity index is 365. The van der Waals surface area contributed by atoms with Crippen LogP contribution in [0.3, 0.4) is 0 Å². The number of hydrogen-bond acceptors (Lipinski definition) is 5. The molecule has 1 aromatic rings. The quantitative estimate of drug-likeness (QED) is 0.864. The van der Waals surface area contributed by atoms with E-state index in [9.17, 15) is 5.11 Å². The molecule has 0 spiro atoms. The van der Waals surface area contributed by atoms with E-state index in [0.29, 0.717) is 6.04 Å². The molecule has 1 aliphatic rings. The molecular weight excluding hydrogens is 240 g/mol. The highest BCUT2D eigenvalue weighted by Crippen LogP contribution is 2.19. The SMILES string of the molecule is CCC(O)CN(C)C1CCN(c2ncccn2)CC1. The Hall–Kier alpha value is -1.20. The van der Waals surface area contributed by atoms with Gasteiger partial charge in [-0.05, 0) is 32.4 Å². The second-order valence-electron chi connectivity index (χ2n) is 5.27. The Labute approximate surface area is 115 Å². The van der Waals surface area contributed by atoms with Crippen molar-refractivity contribution >= 4 is 5.95 Å². The summed E-state index contributed by atoms with van der Waals surface area (Å²) < 4.78 is 0. The number of rotatable bonds is 5. The fraction of sp³-hybridized carbons (Fsp3) is 0.714. The first kappa shape index (κ1) is 14.2. The molecule has 106 valence electrons. The minimum absolute atomic E-state index is 0.208. The van der Waals surface area contributed by atoms with Gasteiger partial charge in [-0.25, -0.2) is 9.97 Å². The van der Waals surface area contributed by atoms with Crippen molar-refractivity contribution in [2.24, 2.45) is 0 Å². The summed E-state index contributed by atoms with van der Waals surface area (Å²) in [6.07, 6.45) is 6.40. The van der Waals surface area contributed by atoms with Crippen LogP contribution in [0.4, 0.5) is 5.95 Å². The Morgan fingerprint density at radius 1 is 1.37 bits per heavy atom. The Morgan fingerprint density at radius 3 is 2.58 bits per heavy atom. The molecule has 1 N–H and O–H groups in total. The van der Waals surface area contributed by atoms with Gasteiger partial charge in [0, 0.05) is 38.1 Å². The number of likely N-dealkylation sites (N-methyl/N-ethyl adjacent to an activating group) is 1. The molecule has 1 saturated heterocycles. The zero-order valence-corrected chi connectivity index (χ0v) is 11.9. The molecule has 0 bridgehead atoms. The Kier molecular flexibility index (Phi) is 5.10. The lowest BCUT2D eigenvalue weighted by atomic mass is 10.0. The summed E-state index contributed by atoms with van der Waals surface area (Å²) in [7, 11) is 2.11. The predicted molar refractivity (Wildman–Crippen MR) is 76.2 cm³/mol. The molecule has 19 heavy (non-hydrogen) atoms. The van der Waals surface area contributed by atoms with Crippen LogP contribution in [0, 0.1) is 0 Å². The molecule has 1 atom stereocenters. The molecule has 0 radical (unpaired) electrons. The van der Waals surface area contributed by atoms with Crippen molar-refractivity contribution in [3.63, 3.8) is 0 Å². The molecule has 2 heterocycles.